The van der Waals surface area contributed by atoms with Crippen molar-refractivity contribution in [3.05, 3.63) is 57.8 Å². The summed E-state index contributed by atoms with van der Waals surface area (Å²) >= 11 is 11.8. The van der Waals surface area contributed by atoms with Gasteiger partial charge in [-0.1, -0.05) is 23.2 Å². The molecule has 148 valence electrons. The Morgan fingerprint density at radius 3 is 2.25 bits per heavy atom. The third-order valence-electron chi connectivity index (χ3n) is 4.53. The van der Waals surface area contributed by atoms with Gasteiger partial charge >= 0.3 is 0 Å². The maximum atomic E-state index is 14.3. The van der Waals surface area contributed by atoms with E-state index in [0.717, 1.165) is 0 Å². The Kier molecular flexibility index (Phi) is 6.42. The number of hydrogen-bond acceptors (Lipinski definition) is 4. The molecule has 1 heterocycles. The molecule has 2 aromatic rings. The molecule has 1 aliphatic rings. The standard InChI is InChI=1S/C20H19Cl2FN2O3/c1-13(26)14-2-3-19(18(23)8-14)24-4-6-25(7-5-24)20(27)12-28-17-10-15(21)9-16(22)11-17/h2-3,8-11H,4-7,12H2,1H3. The molecule has 1 aliphatic heterocycles. The van der Waals surface area contributed by atoms with E-state index in [-0.39, 0.29) is 18.3 Å². The summed E-state index contributed by atoms with van der Waals surface area (Å²) in [5, 5.41) is 0.864. The van der Waals surface area contributed by atoms with Crippen LogP contribution in [0.4, 0.5) is 10.1 Å². The molecule has 28 heavy (non-hydrogen) atoms. The Morgan fingerprint density at radius 2 is 1.68 bits per heavy atom. The Labute approximate surface area is 172 Å². The van der Waals surface area contributed by atoms with Crippen LogP contribution < -0.4 is 9.64 Å². The molecule has 1 fully saturated rings. The van der Waals surface area contributed by atoms with E-state index in [0.29, 0.717) is 53.2 Å². The molecule has 0 aliphatic carbocycles. The number of piperazine rings is 1. The van der Waals surface area contributed by atoms with Crippen molar-refractivity contribution in [3.8, 4) is 5.75 Å². The van der Waals surface area contributed by atoms with Gasteiger partial charge in [0.25, 0.3) is 5.91 Å². The number of ether oxygens (including phenoxy) is 1. The predicted molar refractivity (Wildman–Crippen MR) is 107 cm³/mol. The molecule has 0 spiro atoms. The first kappa shape index (κ1) is 20.4. The number of hydrogen-bond donors (Lipinski definition) is 0. The van der Waals surface area contributed by atoms with Crippen molar-refractivity contribution in [2.75, 3.05) is 37.7 Å². The minimum atomic E-state index is -0.436. The van der Waals surface area contributed by atoms with Gasteiger partial charge in [0.1, 0.15) is 11.6 Å². The summed E-state index contributed by atoms with van der Waals surface area (Å²) < 4.78 is 19.8. The molecule has 0 unspecified atom stereocenters. The van der Waals surface area contributed by atoms with Gasteiger partial charge in [-0.05, 0) is 43.3 Å². The minimum Gasteiger partial charge on any atom is -0.484 e. The summed E-state index contributed by atoms with van der Waals surface area (Å²) in [5.74, 6) is -0.351. The zero-order chi connectivity index (χ0) is 20.3. The topological polar surface area (TPSA) is 49.9 Å². The SMILES string of the molecule is CC(=O)c1ccc(N2CCN(C(=O)COc3cc(Cl)cc(Cl)c3)CC2)c(F)c1. The fraction of sp³-hybridized carbons (Fsp3) is 0.300. The molecule has 2 aromatic carbocycles. The van der Waals surface area contributed by atoms with Crippen LogP contribution in [0, 0.1) is 5.82 Å². The normalized spacial score (nSPS) is 14.1. The van der Waals surface area contributed by atoms with Crippen molar-refractivity contribution in [1.82, 2.24) is 4.90 Å². The van der Waals surface area contributed by atoms with Crippen molar-refractivity contribution >= 4 is 40.6 Å². The number of rotatable bonds is 5. The van der Waals surface area contributed by atoms with Crippen LogP contribution in [0.15, 0.2) is 36.4 Å². The Balaban J connectivity index is 1.54. The minimum absolute atomic E-state index is 0.127. The summed E-state index contributed by atoms with van der Waals surface area (Å²) in [6, 6.07) is 9.23. The number of benzene rings is 2. The summed E-state index contributed by atoms with van der Waals surface area (Å²) in [7, 11) is 0. The molecule has 0 aromatic heterocycles. The van der Waals surface area contributed by atoms with Crippen molar-refractivity contribution < 1.29 is 18.7 Å². The lowest BCUT2D eigenvalue weighted by Crippen LogP contribution is -2.50. The van der Waals surface area contributed by atoms with E-state index in [9.17, 15) is 14.0 Å². The van der Waals surface area contributed by atoms with Crippen molar-refractivity contribution in [2.45, 2.75) is 6.92 Å². The third kappa shape index (κ3) is 4.94. The largest absolute Gasteiger partial charge is 0.484 e. The molecule has 3 rings (SSSR count). The zero-order valence-corrected chi connectivity index (χ0v) is 16.8. The summed E-state index contributed by atoms with van der Waals surface area (Å²) in [6.07, 6.45) is 0. The van der Waals surface area contributed by atoms with E-state index in [1.807, 2.05) is 4.90 Å². The summed E-state index contributed by atoms with van der Waals surface area (Å²) in [5.41, 5.74) is 0.773. The zero-order valence-electron chi connectivity index (χ0n) is 15.3. The average molecular weight is 425 g/mol. The predicted octanol–water partition coefficient (Wildman–Crippen LogP) is 4.06. The number of Topliss-reactive ketones (excluding diaryl/α,β-unsaturated/α-hetero) is 1. The molecule has 0 radical (unpaired) electrons. The lowest BCUT2D eigenvalue weighted by atomic mass is 10.1. The highest BCUT2D eigenvalue weighted by Crippen LogP contribution is 2.25. The molecule has 8 heteroatoms. The number of anilines is 1. The van der Waals surface area contributed by atoms with Crippen molar-refractivity contribution in [1.29, 1.82) is 0 Å². The summed E-state index contributed by atoms with van der Waals surface area (Å²) in [4.78, 5) is 27.3. The molecule has 5 nitrogen and oxygen atoms in total. The second kappa shape index (κ2) is 8.80. The van der Waals surface area contributed by atoms with Gasteiger partial charge in [-0.2, -0.15) is 0 Å². The lowest BCUT2D eigenvalue weighted by molar-refractivity contribution is -0.133. The van der Waals surface area contributed by atoms with Crippen LogP contribution >= 0.6 is 23.2 Å². The lowest BCUT2D eigenvalue weighted by Gasteiger charge is -2.36. The van der Waals surface area contributed by atoms with E-state index in [1.54, 1.807) is 35.2 Å². The smallest absolute Gasteiger partial charge is 0.260 e. The Bertz CT molecular complexity index is 879. The van der Waals surface area contributed by atoms with E-state index >= 15 is 0 Å². The first-order chi connectivity index (χ1) is 13.3. The second-order valence-corrected chi connectivity index (χ2v) is 7.36. The maximum Gasteiger partial charge on any atom is 0.260 e. The number of carbonyl (C=O) groups is 2. The fourth-order valence-corrected chi connectivity index (χ4v) is 3.53. The van der Waals surface area contributed by atoms with Crippen LogP contribution in [0.3, 0.4) is 0 Å². The highest BCUT2D eigenvalue weighted by atomic mass is 35.5. The van der Waals surface area contributed by atoms with Gasteiger partial charge in [0.15, 0.2) is 12.4 Å². The third-order valence-corrected chi connectivity index (χ3v) is 4.96. The van der Waals surface area contributed by atoms with E-state index in [1.165, 1.54) is 13.0 Å². The number of nitrogens with zero attached hydrogens (tertiary/aromatic N) is 2. The van der Waals surface area contributed by atoms with Crippen LogP contribution in [0.5, 0.6) is 5.75 Å². The number of amides is 1. The number of halogens is 3. The van der Waals surface area contributed by atoms with Crippen molar-refractivity contribution in [3.63, 3.8) is 0 Å². The highest BCUT2D eigenvalue weighted by Gasteiger charge is 2.23. The molecular weight excluding hydrogens is 406 g/mol. The van der Waals surface area contributed by atoms with Crippen LogP contribution in [0.25, 0.3) is 0 Å². The Hall–Kier alpha value is -2.31. The van der Waals surface area contributed by atoms with Gasteiger partial charge < -0.3 is 14.5 Å². The average Bonchev–Trinajstić information content (AvgIpc) is 2.65. The van der Waals surface area contributed by atoms with Gasteiger partial charge in [-0.25, -0.2) is 4.39 Å². The van der Waals surface area contributed by atoms with Gasteiger partial charge in [-0.15, -0.1) is 0 Å². The van der Waals surface area contributed by atoms with Crippen LogP contribution in [0.2, 0.25) is 10.0 Å². The van der Waals surface area contributed by atoms with Gasteiger partial charge in [0.2, 0.25) is 0 Å². The molecule has 0 N–H and O–H groups in total. The highest BCUT2D eigenvalue weighted by molar-refractivity contribution is 6.34. The molecule has 0 bridgehead atoms. The van der Waals surface area contributed by atoms with Crippen molar-refractivity contribution in [2.24, 2.45) is 0 Å². The molecule has 1 amide bonds. The van der Waals surface area contributed by atoms with E-state index < -0.39 is 5.82 Å². The maximum absolute atomic E-state index is 14.3. The molecule has 0 atom stereocenters. The number of ketones is 1. The first-order valence-corrected chi connectivity index (χ1v) is 9.51. The van der Waals surface area contributed by atoms with Gasteiger partial charge in [-0.3, -0.25) is 9.59 Å². The van der Waals surface area contributed by atoms with Crippen LogP contribution in [0.1, 0.15) is 17.3 Å². The summed E-state index contributed by atoms with van der Waals surface area (Å²) in [6.45, 7) is 3.16. The van der Waals surface area contributed by atoms with Gasteiger partial charge in [0.05, 0.1) is 5.69 Å². The van der Waals surface area contributed by atoms with Crippen LogP contribution in [-0.4, -0.2) is 49.4 Å². The van der Waals surface area contributed by atoms with Gasteiger partial charge in [0, 0.05) is 41.8 Å². The quantitative estimate of drug-likeness (QED) is 0.678. The second-order valence-electron chi connectivity index (χ2n) is 6.48. The van der Waals surface area contributed by atoms with E-state index in [4.69, 9.17) is 27.9 Å². The molecular formula is C20H19Cl2FN2O3. The number of carbonyl (C=O) groups excluding carboxylic acids is 2. The Morgan fingerprint density at radius 1 is 1.04 bits per heavy atom. The van der Waals surface area contributed by atoms with E-state index in [2.05, 4.69) is 0 Å². The monoisotopic (exact) mass is 424 g/mol. The molecule has 0 saturated carbocycles. The first-order valence-electron chi connectivity index (χ1n) is 8.75. The van der Waals surface area contributed by atoms with Crippen LogP contribution in [-0.2, 0) is 4.79 Å². The fourth-order valence-electron chi connectivity index (χ4n) is 3.03. The molecule has 1 saturated heterocycles.